The van der Waals surface area contributed by atoms with Gasteiger partial charge in [-0.15, -0.1) is 0 Å². The Labute approximate surface area is 89.3 Å². The van der Waals surface area contributed by atoms with Crippen molar-refractivity contribution in [3.05, 3.63) is 48.0 Å². The van der Waals surface area contributed by atoms with Gasteiger partial charge in [-0.2, -0.15) is 0 Å². The second-order valence-corrected chi connectivity index (χ2v) is 2.95. The molecule has 0 N–H and O–H groups in total. The van der Waals surface area contributed by atoms with E-state index in [1.54, 1.807) is 13.2 Å². The van der Waals surface area contributed by atoms with E-state index in [-0.39, 0.29) is 12.1 Å². The smallest absolute Gasteiger partial charge is 0.330 e. The van der Waals surface area contributed by atoms with Crippen LogP contribution in [0.15, 0.2) is 42.5 Å². The highest BCUT2D eigenvalue weighted by Crippen LogP contribution is 2.17. The summed E-state index contributed by atoms with van der Waals surface area (Å²) < 4.78 is 9.74. The third-order valence-electron chi connectivity index (χ3n) is 1.99. The molecule has 0 aromatic heterocycles. The van der Waals surface area contributed by atoms with Crippen molar-refractivity contribution in [1.82, 2.24) is 0 Å². The van der Waals surface area contributed by atoms with Gasteiger partial charge in [0.15, 0.2) is 0 Å². The molecule has 0 amide bonds. The zero-order valence-corrected chi connectivity index (χ0v) is 8.84. The largest absolute Gasteiger partial charge is 0.466 e. The molecule has 0 fully saturated rings. The Morgan fingerprint density at radius 2 is 1.93 bits per heavy atom. The van der Waals surface area contributed by atoms with Crippen LogP contribution < -0.4 is 0 Å². The molecule has 0 aliphatic carbocycles. The minimum atomic E-state index is -0.381. The molecular formula is C12H14O3. The van der Waals surface area contributed by atoms with Crippen LogP contribution in [0.25, 0.3) is 0 Å². The molecule has 3 nitrogen and oxygen atoms in total. The SMILES string of the molecule is COC(=O)/C=C/[C@@H](OC)c1ccccc1. The van der Waals surface area contributed by atoms with Crippen LogP contribution in [0.1, 0.15) is 11.7 Å². The van der Waals surface area contributed by atoms with E-state index in [4.69, 9.17) is 4.74 Å². The minimum Gasteiger partial charge on any atom is -0.466 e. The lowest BCUT2D eigenvalue weighted by atomic mass is 10.1. The molecule has 1 rings (SSSR count). The zero-order valence-electron chi connectivity index (χ0n) is 8.84. The molecule has 0 radical (unpaired) electrons. The summed E-state index contributed by atoms with van der Waals surface area (Å²) in [4.78, 5) is 10.9. The number of rotatable bonds is 4. The predicted octanol–water partition coefficient (Wildman–Crippen LogP) is 2.10. The highest BCUT2D eigenvalue weighted by Gasteiger charge is 2.05. The highest BCUT2D eigenvalue weighted by molar-refractivity contribution is 5.81. The number of hydrogen-bond donors (Lipinski definition) is 0. The standard InChI is InChI=1S/C12H14O3/c1-14-11(8-9-12(13)15-2)10-6-4-3-5-7-10/h3-9,11H,1-2H3/b9-8+/t11-/m1/s1. The first kappa shape index (κ1) is 11.5. The van der Waals surface area contributed by atoms with Crippen molar-refractivity contribution in [3.63, 3.8) is 0 Å². The average molecular weight is 206 g/mol. The van der Waals surface area contributed by atoms with E-state index in [1.807, 2.05) is 30.3 Å². The number of hydrogen-bond acceptors (Lipinski definition) is 3. The lowest BCUT2D eigenvalue weighted by molar-refractivity contribution is -0.134. The Hall–Kier alpha value is -1.61. The number of ether oxygens (including phenoxy) is 2. The third kappa shape index (κ3) is 3.56. The van der Waals surface area contributed by atoms with E-state index < -0.39 is 0 Å². The molecule has 1 aromatic rings. The molecule has 0 heterocycles. The summed E-state index contributed by atoms with van der Waals surface area (Å²) >= 11 is 0. The quantitative estimate of drug-likeness (QED) is 0.559. The zero-order chi connectivity index (χ0) is 11.1. The van der Waals surface area contributed by atoms with Gasteiger partial charge in [-0.25, -0.2) is 4.79 Å². The van der Waals surface area contributed by atoms with Crippen molar-refractivity contribution in [2.75, 3.05) is 14.2 Å². The molecule has 0 unspecified atom stereocenters. The van der Waals surface area contributed by atoms with E-state index >= 15 is 0 Å². The van der Waals surface area contributed by atoms with Gasteiger partial charge in [-0.1, -0.05) is 30.3 Å². The number of benzene rings is 1. The van der Waals surface area contributed by atoms with Crippen molar-refractivity contribution in [2.24, 2.45) is 0 Å². The molecule has 80 valence electrons. The van der Waals surface area contributed by atoms with Crippen LogP contribution in [0.2, 0.25) is 0 Å². The lowest BCUT2D eigenvalue weighted by Gasteiger charge is -2.10. The fourth-order valence-electron chi connectivity index (χ4n) is 1.20. The summed E-state index contributed by atoms with van der Waals surface area (Å²) in [6.07, 6.45) is 2.81. The van der Waals surface area contributed by atoms with Gasteiger partial charge in [-0.3, -0.25) is 0 Å². The summed E-state index contributed by atoms with van der Waals surface area (Å²) in [6.45, 7) is 0. The topological polar surface area (TPSA) is 35.5 Å². The summed E-state index contributed by atoms with van der Waals surface area (Å²) in [7, 11) is 2.94. The van der Waals surface area contributed by atoms with Crippen molar-refractivity contribution < 1.29 is 14.3 Å². The van der Waals surface area contributed by atoms with Crippen LogP contribution in [-0.4, -0.2) is 20.2 Å². The molecule has 1 aromatic carbocycles. The summed E-state index contributed by atoms with van der Waals surface area (Å²) in [5.41, 5.74) is 1.00. The first-order chi connectivity index (χ1) is 7.27. The van der Waals surface area contributed by atoms with E-state index in [0.717, 1.165) is 5.56 Å². The van der Waals surface area contributed by atoms with E-state index in [1.165, 1.54) is 13.2 Å². The number of carbonyl (C=O) groups excluding carboxylic acids is 1. The van der Waals surface area contributed by atoms with Crippen molar-refractivity contribution in [3.8, 4) is 0 Å². The van der Waals surface area contributed by atoms with Crippen molar-refractivity contribution in [1.29, 1.82) is 0 Å². The first-order valence-electron chi connectivity index (χ1n) is 4.62. The Kier molecular flexibility index (Phi) is 4.57. The fourth-order valence-corrected chi connectivity index (χ4v) is 1.20. The molecule has 0 bridgehead atoms. The van der Waals surface area contributed by atoms with E-state index in [2.05, 4.69) is 4.74 Å². The van der Waals surface area contributed by atoms with Gasteiger partial charge in [0, 0.05) is 13.2 Å². The maximum atomic E-state index is 10.9. The van der Waals surface area contributed by atoms with Crippen LogP contribution in [0, 0.1) is 0 Å². The third-order valence-corrected chi connectivity index (χ3v) is 1.99. The number of esters is 1. The molecule has 15 heavy (non-hydrogen) atoms. The average Bonchev–Trinajstić information content (AvgIpc) is 2.31. The Bertz CT molecular complexity index is 330. The maximum absolute atomic E-state index is 10.9. The highest BCUT2D eigenvalue weighted by atomic mass is 16.5. The normalized spacial score (nSPS) is 12.7. The first-order valence-corrected chi connectivity index (χ1v) is 4.62. The molecule has 0 saturated heterocycles. The molecule has 3 heteroatoms. The van der Waals surface area contributed by atoms with Crippen molar-refractivity contribution >= 4 is 5.97 Å². The molecule has 0 aliphatic rings. The molecule has 1 atom stereocenters. The molecule has 0 spiro atoms. The molecule has 0 saturated carbocycles. The van der Waals surface area contributed by atoms with Gasteiger partial charge in [0.05, 0.1) is 7.11 Å². The fraction of sp³-hybridized carbons (Fsp3) is 0.250. The Morgan fingerprint density at radius 1 is 1.27 bits per heavy atom. The van der Waals surface area contributed by atoms with Gasteiger partial charge in [0.2, 0.25) is 0 Å². The van der Waals surface area contributed by atoms with Gasteiger partial charge in [0.1, 0.15) is 6.10 Å². The Balaban J connectivity index is 2.73. The van der Waals surface area contributed by atoms with Gasteiger partial charge >= 0.3 is 5.97 Å². The maximum Gasteiger partial charge on any atom is 0.330 e. The van der Waals surface area contributed by atoms with Crippen LogP contribution in [0.5, 0.6) is 0 Å². The summed E-state index contributed by atoms with van der Waals surface area (Å²) in [5.74, 6) is -0.381. The summed E-state index contributed by atoms with van der Waals surface area (Å²) in [5, 5.41) is 0. The predicted molar refractivity (Wildman–Crippen MR) is 57.3 cm³/mol. The van der Waals surface area contributed by atoms with Crippen LogP contribution >= 0.6 is 0 Å². The monoisotopic (exact) mass is 206 g/mol. The van der Waals surface area contributed by atoms with Crippen LogP contribution in [0.3, 0.4) is 0 Å². The second kappa shape index (κ2) is 5.98. The van der Waals surface area contributed by atoms with Gasteiger partial charge < -0.3 is 9.47 Å². The lowest BCUT2D eigenvalue weighted by Crippen LogP contribution is -2.00. The Morgan fingerprint density at radius 3 is 2.47 bits per heavy atom. The minimum absolute atomic E-state index is 0.217. The molecular weight excluding hydrogens is 192 g/mol. The van der Waals surface area contributed by atoms with E-state index in [9.17, 15) is 4.79 Å². The molecule has 0 aliphatic heterocycles. The van der Waals surface area contributed by atoms with Gasteiger partial charge in [0.25, 0.3) is 0 Å². The van der Waals surface area contributed by atoms with E-state index in [0.29, 0.717) is 0 Å². The van der Waals surface area contributed by atoms with Crippen LogP contribution in [0.4, 0.5) is 0 Å². The van der Waals surface area contributed by atoms with Crippen molar-refractivity contribution in [2.45, 2.75) is 6.10 Å². The second-order valence-electron chi connectivity index (χ2n) is 2.95. The van der Waals surface area contributed by atoms with Gasteiger partial charge in [-0.05, 0) is 11.6 Å². The van der Waals surface area contributed by atoms with Crippen LogP contribution in [-0.2, 0) is 14.3 Å². The number of carbonyl (C=O) groups is 1. The number of methoxy groups -OCH3 is 2. The summed E-state index contributed by atoms with van der Waals surface area (Å²) in [6, 6.07) is 9.66.